The van der Waals surface area contributed by atoms with E-state index in [0.717, 1.165) is 25.7 Å². The summed E-state index contributed by atoms with van der Waals surface area (Å²) in [4.78, 5) is 2.50. The molecule has 1 heterocycles. The molecule has 2 N–H and O–H groups in total. The topological polar surface area (TPSA) is 35.5 Å². The van der Waals surface area contributed by atoms with Crippen molar-refractivity contribution in [3.63, 3.8) is 0 Å². The Balaban J connectivity index is 2.01. The van der Waals surface area contributed by atoms with Gasteiger partial charge in [0.1, 0.15) is 0 Å². The average molecular weight is 212 g/mol. The Labute approximate surface area is 92.8 Å². The predicted molar refractivity (Wildman–Crippen MR) is 61.9 cm³/mol. The average Bonchev–Trinajstić information content (AvgIpc) is 2.62. The van der Waals surface area contributed by atoms with Crippen LogP contribution in [0.15, 0.2) is 0 Å². The molecular formula is C12H24N2O. The molecule has 0 spiro atoms. The monoisotopic (exact) mass is 212 g/mol. The number of aliphatic hydroxyl groups excluding tert-OH is 1. The van der Waals surface area contributed by atoms with Crippen LogP contribution in [0.2, 0.25) is 0 Å². The lowest BCUT2D eigenvalue weighted by Gasteiger charge is -2.33. The maximum atomic E-state index is 9.85. The number of nitrogens with zero attached hydrogens (tertiary/aromatic N) is 1. The summed E-state index contributed by atoms with van der Waals surface area (Å²) in [6.45, 7) is 7.10. The number of hydrogen-bond donors (Lipinski definition) is 2. The second-order valence-electron chi connectivity index (χ2n) is 5.79. The van der Waals surface area contributed by atoms with Gasteiger partial charge in [0.2, 0.25) is 0 Å². The minimum absolute atomic E-state index is 0.139. The van der Waals surface area contributed by atoms with Gasteiger partial charge in [0.25, 0.3) is 0 Å². The van der Waals surface area contributed by atoms with Crippen molar-refractivity contribution < 1.29 is 5.11 Å². The Hall–Kier alpha value is -0.120. The summed E-state index contributed by atoms with van der Waals surface area (Å²) in [7, 11) is 0. The standard InChI is InChI=1S/C12H24N2O/c1-12(2)9-14(8-11(15)7-13-12)10-5-3-4-6-10/h10-11,13,15H,3-9H2,1-2H3. The molecule has 3 nitrogen and oxygen atoms in total. The van der Waals surface area contributed by atoms with Gasteiger partial charge in [-0.25, -0.2) is 0 Å². The molecule has 2 rings (SSSR count). The van der Waals surface area contributed by atoms with Crippen molar-refractivity contribution in [2.24, 2.45) is 0 Å². The lowest BCUT2D eigenvalue weighted by molar-refractivity contribution is 0.102. The molecule has 1 saturated heterocycles. The molecule has 1 atom stereocenters. The molecule has 88 valence electrons. The number of rotatable bonds is 1. The zero-order chi connectivity index (χ0) is 10.9. The van der Waals surface area contributed by atoms with Crippen molar-refractivity contribution in [1.29, 1.82) is 0 Å². The summed E-state index contributed by atoms with van der Waals surface area (Å²) in [5.74, 6) is 0. The fourth-order valence-corrected chi connectivity index (χ4v) is 2.91. The Morgan fingerprint density at radius 1 is 1.27 bits per heavy atom. The number of hydrogen-bond acceptors (Lipinski definition) is 3. The molecule has 1 aliphatic heterocycles. The fourth-order valence-electron chi connectivity index (χ4n) is 2.91. The molecule has 0 amide bonds. The Morgan fingerprint density at radius 2 is 1.93 bits per heavy atom. The van der Waals surface area contributed by atoms with Crippen molar-refractivity contribution in [3.8, 4) is 0 Å². The highest BCUT2D eigenvalue weighted by Gasteiger charge is 2.32. The summed E-state index contributed by atoms with van der Waals surface area (Å²) >= 11 is 0. The lowest BCUT2D eigenvalue weighted by Crippen LogP contribution is -2.48. The van der Waals surface area contributed by atoms with Gasteiger partial charge >= 0.3 is 0 Å². The van der Waals surface area contributed by atoms with E-state index >= 15 is 0 Å². The van der Waals surface area contributed by atoms with Gasteiger partial charge < -0.3 is 10.4 Å². The molecule has 1 saturated carbocycles. The molecule has 0 bridgehead atoms. The number of aliphatic hydroxyl groups is 1. The zero-order valence-corrected chi connectivity index (χ0v) is 10.00. The molecule has 3 heteroatoms. The van der Waals surface area contributed by atoms with Crippen molar-refractivity contribution in [3.05, 3.63) is 0 Å². The summed E-state index contributed by atoms with van der Waals surface area (Å²) in [6, 6.07) is 0.721. The lowest BCUT2D eigenvalue weighted by atomic mass is 10.0. The van der Waals surface area contributed by atoms with Crippen LogP contribution < -0.4 is 5.32 Å². The normalized spacial score (nSPS) is 34.2. The van der Waals surface area contributed by atoms with Gasteiger partial charge in [-0.1, -0.05) is 12.8 Å². The quantitative estimate of drug-likeness (QED) is 0.680. The van der Waals surface area contributed by atoms with Crippen LogP contribution in [0.25, 0.3) is 0 Å². The number of β-amino-alcohol motifs (C(OH)–C–C–N with tert-alkyl or cyclic N) is 1. The first-order valence-corrected chi connectivity index (χ1v) is 6.24. The molecule has 1 unspecified atom stereocenters. The molecular weight excluding hydrogens is 188 g/mol. The minimum atomic E-state index is -0.202. The minimum Gasteiger partial charge on any atom is -0.390 e. The van der Waals surface area contributed by atoms with Crippen LogP contribution in [-0.4, -0.2) is 47.3 Å². The van der Waals surface area contributed by atoms with Gasteiger partial charge in [-0.15, -0.1) is 0 Å². The van der Waals surface area contributed by atoms with Crippen LogP contribution >= 0.6 is 0 Å². The van der Waals surface area contributed by atoms with Crippen LogP contribution in [-0.2, 0) is 0 Å². The van der Waals surface area contributed by atoms with E-state index in [1.807, 2.05) is 0 Å². The smallest absolute Gasteiger partial charge is 0.0791 e. The van der Waals surface area contributed by atoms with Crippen LogP contribution in [0, 0.1) is 0 Å². The highest BCUT2D eigenvalue weighted by molar-refractivity contribution is 4.91. The third-order valence-electron chi connectivity index (χ3n) is 3.70. The summed E-state index contributed by atoms with van der Waals surface area (Å²) in [5, 5.41) is 13.3. The van der Waals surface area contributed by atoms with E-state index in [4.69, 9.17) is 0 Å². The molecule has 1 aliphatic carbocycles. The predicted octanol–water partition coefficient (Wildman–Crippen LogP) is 0.974. The van der Waals surface area contributed by atoms with Crippen LogP contribution in [0.3, 0.4) is 0 Å². The first-order chi connectivity index (χ1) is 7.07. The highest BCUT2D eigenvalue weighted by atomic mass is 16.3. The van der Waals surface area contributed by atoms with Gasteiger partial charge in [0, 0.05) is 31.2 Å². The van der Waals surface area contributed by atoms with Gasteiger partial charge in [-0.3, -0.25) is 4.90 Å². The molecule has 2 aliphatic rings. The van der Waals surface area contributed by atoms with E-state index in [2.05, 4.69) is 24.1 Å². The summed E-state index contributed by atoms with van der Waals surface area (Å²) in [6.07, 6.45) is 5.18. The van der Waals surface area contributed by atoms with Crippen LogP contribution in [0.1, 0.15) is 39.5 Å². The van der Waals surface area contributed by atoms with Crippen LogP contribution in [0.4, 0.5) is 0 Å². The van der Waals surface area contributed by atoms with Gasteiger partial charge in [-0.05, 0) is 26.7 Å². The van der Waals surface area contributed by atoms with Crippen molar-refractivity contribution in [2.45, 2.75) is 57.2 Å². The van der Waals surface area contributed by atoms with Crippen molar-refractivity contribution >= 4 is 0 Å². The van der Waals surface area contributed by atoms with E-state index in [1.54, 1.807) is 0 Å². The SMILES string of the molecule is CC1(C)CN(C2CCCC2)CC(O)CN1. The van der Waals surface area contributed by atoms with E-state index < -0.39 is 0 Å². The molecule has 0 radical (unpaired) electrons. The van der Waals surface area contributed by atoms with Gasteiger partial charge in [0.05, 0.1) is 6.10 Å². The summed E-state index contributed by atoms with van der Waals surface area (Å²) < 4.78 is 0. The molecule has 15 heavy (non-hydrogen) atoms. The first-order valence-electron chi connectivity index (χ1n) is 6.24. The zero-order valence-electron chi connectivity index (χ0n) is 10.00. The van der Waals surface area contributed by atoms with Crippen molar-refractivity contribution in [2.75, 3.05) is 19.6 Å². The largest absolute Gasteiger partial charge is 0.390 e. The van der Waals surface area contributed by atoms with E-state index in [1.165, 1.54) is 25.7 Å². The van der Waals surface area contributed by atoms with Gasteiger partial charge in [-0.2, -0.15) is 0 Å². The second-order valence-corrected chi connectivity index (χ2v) is 5.79. The molecule has 2 fully saturated rings. The van der Waals surface area contributed by atoms with Gasteiger partial charge in [0.15, 0.2) is 0 Å². The Bertz CT molecular complexity index is 212. The highest BCUT2D eigenvalue weighted by Crippen LogP contribution is 2.25. The maximum absolute atomic E-state index is 9.85. The third kappa shape index (κ3) is 2.92. The number of nitrogens with one attached hydrogen (secondary N) is 1. The molecule has 0 aromatic carbocycles. The Morgan fingerprint density at radius 3 is 2.60 bits per heavy atom. The fraction of sp³-hybridized carbons (Fsp3) is 1.00. The van der Waals surface area contributed by atoms with E-state index in [9.17, 15) is 5.11 Å². The van der Waals surface area contributed by atoms with E-state index in [0.29, 0.717) is 0 Å². The molecule has 0 aromatic rings. The summed E-state index contributed by atoms with van der Waals surface area (Å²) in [5.41, 5.74) is 0.139. The second kappa shape index (κ2) is 4.40. The van der Waals surface area contributed by atoms with Crippen LogP contribution in [0.5, 0.6) is 0 Å². The van der Waals surface area contributed by atoms with E-state index in [-0.39, 0.29) is 11.6 Å². The first kappa shape index (κ1) is 11.4. The maximum Gasteiger partial charge on any atom is 0.0791 e. The Kier molecular flexibility index (Phi) is 3.33. The molecule has 0 aromatic heterocycles. The third-order valence-corrected chi connectivity index (χ3v) is 3.70. The van der Waals surface area contributed by atoms with Crippen molar-refractivity contribution in [1.82, 2.24) is 10.2 Å².